The Bertz CT molecular complexity index is 578. The molecule has 2 atom stereocenters. The van der Waals surface area contributed by atoms with Crippen molar-refractivity contribution in [3.8, 4) is 11.4 Å². The summed E-state index contributed by atoms with van der Waals surface area (Å²) in [5, 5.41) is 9.55. The van der Waals surface area contributed by atoms with Gasteiger partial charge in [0.05, 0.1) is 0 Å². The Morgan fingerprint density at radius 2 is 2.10 bits per heavy atom. The molecule has 104 valence electrons. The Hall–Kier alpha value is -2.21. The molecule has 6 heteroatoms. The number of aromatic nitrogens is 3. The molecule has 1 heterocycles. The van der Waals surface area contributed by atoms with Crippen molar-refractivity contribution in [2.45, 2.75) is 25.3 Å². The van der Waals surface area contributed by atoms with Gasteiger partial charge in [-0.1, -0.05) is 0 Å². The number of hydrogen-bond acceptors (Lipinski definition) is 4. The lowest BCUT2D eigenvalue weighted by Crippen LogP contribution is -2.23. The standard InChI is InChI=1S/C14H17N5O/c15-11-4-1-10(7-11)14(20)18-12-5-2-9(3-6-12)13-16-8-17-19-13/h2-3,5-6,8,10-11H,1,4,7,15H2,(H,18,20)(H,16,17,19). The van der Waals surface area contributed by atoms with Gasteiger partial charge in [0.15, 0.2) is 5.82 Å². The predicted molar refractivity (Wildman–Crippen MR) is 75.8 cm³/mol. The first kappa shape index (κ1) is 12.8. The largest absolute Gasteiger partial charge is 0.328 e. The summed E-state index contributed by atoms with van der Waals surface area (Å²) in [6.07, 6.45) is 4.06. The van der Waals surface area contributed by atoms with Crippen molar-refractivity contribution in [2.24, 2.45) is 11.7 Å². The second kappa shape index (κ2) is 5.42. The lowest BCUT2D eigenvalue weighted by molar-refractivity contribution is -0.119. The third kappa shape index (κ3) is 2.70. The molecule has 2 aromatic rings. The zero-order valence-electron chi connectivity index (χ0n) is 11.0. The number of nitrogens with one attached hydrogen (secondary N) is 2. The van der Waals surface area contributed by atoms with Crippen molar-refractivity contribution in [1.82, 2.24) is 15.2 Å². The molecule has 0 bridgehead atoms. The summed E-state index contributed by atoms with van der Waals surface area (Å²) in [6, 6.07) is 7.70. The zero-order chi connectivity index (χ0) is 13.9. The van der Waals surface area contributed by atoms with Gasteiger partial charge in [0, 0.05) is 23.2 Å². The molecule has 1 aliphatic carbocycles. The number of hydrogen-bond donors (Lipinski definition) is 3. The summed E-state index contributed by atoms with van der Waals surface area (Å²) < 4.78 is 0. The minimum Gasteiger partial charge on any atom is -0.328 e. The van der Waals surface area contributed by atoms with E-state index in [1.165, 1.54) is 6.33 Å². The van der Waals surface area contributed by atoms with Crippen LogP contribution in [0.4, 0.5) is 5.69 Å². The second-order valence-corrected chi connectivity index (χ2v) is 5.17. The second-order valence-electron chi connectivity index (χ2n) is 5.17. The van der Waals surface area contributed by atoms with Crippen LogP contribution in [0.25, 0.3) is 11.4 Å². The molecule has 0 aliphatic heterocycles. The van der Waals surface area contributed by atoms with Crippen LogP contribution in [0.1, 0.15) is 19.3 Å². The Morgan fingerprint density at radius 3 is 2.70 bits per heavy atom. The van der Waals surface area contributed by atoms with E-state index >= 15 is 0 Å². The summed E-state index contributed by atoms with van der Waals surface area (Å²) >= 11 is 0. The van der Waals surface area contributed by atoms with Gasteiger partial charge in [-0.15, -0.1) is 0 Å². The molecule has 0 radical (unpaired) electrons. The highest BCUT2D eigenvalue weighted by molar-refractivity contribution is 5.92. The van der Waals surface area contributed by atoms with E-state index in [0.29, 0.717) is 5.82 Å². The van der Waals surface area contributed by atoms with E-state index in [4.69, 9.17) is 5.73 Å². The molecule has 1 amide bonds. The first-order valence-corrected chi connectivity index (χ1v) is 6.74. The highest BCUT2D eigenvalue weighted by Gasteiger charge is 2.27. The van der Waals surface area contributed by atoms with Crippen molar-refractivity contribution in [2.75, 3.05) is 5.32 Å². The summed E-state index contributed by atoms with van der Waals surface area (Å²) in [7, 11) is 0. The maximum atomic E-state index is 12.1. The number of benzene rings is 1. The highest BCUT2D eigenvalue weighted by atomic mass is 16.1. The Labute approximate surface area is 116 Å². The first-order chi connectivity index (χ1) is 9.72. The van der Waals surface area contributed by atoms with E-state index < -0.39 is 0 Å². The summed E-state index contributed by atoms with van der Waals surface area (Å²) in [4.78, 5) is 16.2. The third-order valence-corrected chi connectivity index (χ3v) is 3.68. The molecule has 1 fully saturated rings. The number of carbonyl (C=O) groups excluding carboxylic acids is 1. The van der Waals surface area contributed by atoms with Gasteiger partial charge in [-0.25, -0.2) is 4.98 Å². The van der Waals surface area contributed by atoms with Crippen LogP contribution in [-0.2, 0) is 4.79 Å². The Morgan fingerprint density at radius 1 is 1.30 bits per heavy atom. The molecular weight excluding hydrogens is 254 g/mol. The van der Waals surface area contributed by atoms with Gasteiger partial charge in [0.25, 0.3) is 0 Å². The lowest BCUT2D eigenvalue weighted by atomic mass is 10.1. The number of carbonyl (C=O) groups is 1. The topological polar surface area (TPSA) is 96.7 Å². The maximum absolute atomic E-state index is 12.1. The predicted octanol–water partition coefficient (Wildman–Crippen LogP) is 1.54. The van der Waals surface area contributed by atoms with Crippen LogP contribution < -0.4 is 11.1 Å². The molecule has 0 saturated heterocycles. The van der Waals surface area contributed by atoms with Gasteiger partial charge in [0.1, 0.15) is 6.33 Å². The highest BCUT2D eigenvalue weighted by Crippen LogP contribution is 2.26. The average Bonchev–Trinajstić information content (AvgIpc) is 3.10. The lowest BCUT2D eigenvalue weighted by Gasteiger charge is -2.11. The van der Waals surface area contributed by atoms with Crippen molar-refractivity contribution in [3.63, 3.8) is 0 Å². The van der Waals surface area contributed by atoms with Crippen LogP contribution in [-0.4, -0.2) is 27.1 Å². The van der Waals surface area contributed by atoms with Crippen LogP contribution in [0, 0.1) is 5.92 Å². The van der Waals surface area contributed by atoms with Gasteiger partial charge in [0.2, 0.25) is 5.91 Å². The van der Waals surface area contributed by atoms with E-state index in [-0.39, 0.29) is 17.9 Å². The monoisotopic (exact) mass is 271 g/mol. The number of aromatic amines is 1. The number of H-pyrrole nitrogens is 1. The molecule has 4 N–H and O–H groups in total. The van der Waals surface area contributed by atoms with Crippen molar-refractivity contribution >= 4 is 11.6 Å². The molecule has 6 nitrogen and oxygen atoms in total. The minimum atomic E-state index is 0.0407. The van der Waals surface area contributed by atoms with Crippen LogP contribution >= 0.6 is 0 Å². The molecule has 1 aliphatic rings. The normalized spacial score (nSPS) is 21.9. The van der Waals surface area contributed by atoms with Crippen molar-refractivity contribution in [1.29, 1.82) is 0 Å². The smallest absolute Gasteiger partial charge is 0.227 e. The van der Waals surface area contributed by atoms with E-state index in [9.17, 15) is 4.79 Å². The number of amides is 1. The van der Waals surface area contributed by atoms with Gasteiger partial charge in [-0.05, 0) is 43.5 Å². The van der Waals surface area contributed by atoms with Crippen molar-refractivity contribution < 1.29 is 4.79 Å². The van der Waals surface area contributed by atoms with Crippen LogP contribution in [0.5, 0.6) is 0 Å². The summed E-state index contributed by atoms with van der Waals surface area (Å²) in [5.41, 5.74) is 7.56. The first-order valence-electron chi connectivity index (χ1n) is 6.74. The zero-order valence-corrected chi connectivity index (χ0v) is 11.0. The molecule has 2 unspecified atom stereocenters. The van der Waals surface area contributed by atoms with Crippen molar-refractivity contribution in [3.05, 3.63) is 30.6 Å². The number of nitrogens with zero attached hydrogens (tertiary/aromatic N) is 2. The molecular formula is C14H17N5O. The van der Waals surface area contributed by atoms with Gasteiger partial charge in [-0.3, -0.25) is 9.89 Å². The number of rotatable bonds is 3. The van der Waals surface area contributed by atoms with Gasteiger partial charge < -0.3 is 11.1 Å². The Kier molecular flexibility index (Phi) is 3.47. The van der Waals surface area contributed by atoms with Gasteiger partial charge >= 0.3 is 0 Å². The fraction of sp³-hybridized carbons (Fsp3) is 0.357. The third-order valence-electron chi connectivity index (χ3n) is 3.68. The SMILES string of the molecule is NC1CCC(C(=O)Nc2ccc(-c3ncn[nH]3)cc2)C1. The van der Waals surface area contributed by atoms with E-state index in [0.717, 1.165) is 30.5 Å². The molecule has 1 aromatic carbocycles. The fourth-order valence-corrected chi connectivity index (χ4v) is 2.55. The maximum Gasteiger partial charge on any atom is 0.227 e. The molecule has 1 aromatic heterocycles. The Balaban J connectivity index is 1.65. The number of anilines is 1. The average molecular weight is 271 g/mol. The minimum absolute atomic E-state index is 0.0407. The molecule has 3 rings (SSSR count). The van der Waals surface area contributed by atoms with Crippen LogP contribution in [0.15, 0.2) is 30.6 Å². The quantitative estimate of drug-likeness (QED) is 0.788. The van der Waals surface area contributed by atoms with E-state index in [1.807, 2.05) is 24.3 Å². The van der Waals surface area contributed by atoms with E-state index in [1.54, 1.807) is 0 Å². The van der Waals surface area contributed by atoms with Crippen LogP contribution in [0.3, 0.4) is 0 Å². The summed E-state index contributed by atoms with van der Waals surface area (Å²) in [6.45, 7) is 0. The number of nitrogens with two attached hydrogens (primary N) is 1. The summed E-state index contributed by atoms with van der Waals surface area (Å²) in [5.74, 6) is 0.814. The molecule has 20 heavy (non-hydrogen) atoms. The van der Waals surface area contributed by atoms with Crippen LogP contribution in [0.2, 0.25) is 0 Å². The molecule has 1 saturated carbocycles. The fourth-order valence-electron chi connectivity index (χ4n) is 2.55. The van der Waals surface area contributed by atoms with Gasteiger partial charge in [-0.2, -0.15) is 5.10 Å². The molecule has 0 spiro atoms. The van der Waals surface area contributed by atoms with E-state index in [2.05, 4.69) is 20.5 Å².